The van der Waals surface area contributed by atoms with Gasteiger partial charge in [-0.25, -0.2) is 0 Å². The fourth-order valence-corrected chi connectivity index (χ4v) is 2.50. The maximum Gasteiger partial charge on any atom is 0.224 e. The molecule has 0 bridgehead atoms. The summed E-state index contributed by atoms with van der Waals surface area (Å²) in [4.78, 5) is 11.8. The molecule has 0 unspecified atom stereocenters. The number of aliphatic hydroxyl groups is 1. The second-order valence-electron chi connectivity index (χ2n) is 5.28. The maximum atomic E-state index is 11.8. The van der Waals surface area contributed by atoms with E-state index in [4.69, 9.17) is 0 Å². The number of aromatic hydroxyl groups is 1. The highest BCUT2D eigenvalue weighted by molar-refractivity contribution is 5.79. The number of rotatable bonds is 4. The van der Waals surface area contributed by atoms with E-state index < -0.39 is 0 Å². The summed E-state index contributed by atoms with van der Waals surface area (Å²) < 4.78 is 0. The van der Waals surface area contributed by atoms with Crippen LogP contribution < -0.4 is 5.32 Å². The highest BCUT2D eigenvalue weighted by atomic mass is 16.3. The molecule has 1 saturated carbocycles. The molecular formula is C15H21NO3. The van der Waals surface area contributed by atoms with E-state index in [1.807, 2.05) is 6.07 Å². The highest BCUT2D eigenvalue weighted by Gasteiger charge is 2.19. The SMILES string of the molecule is O=C(Cc1ccccc1O)NCC1CCC(O)CC1. The Morgan fingerprint density at radius 2 is 1.89 bits per heavy atom. The van der Waals surface area contributed by atoms with Crippen LogP contribution in [0.1, 0.15) is 31.2 Å². The van der Waals surface area contributed by atoms with E-state index in [9.17, 15) is 15.0 Å². The average molecular weight is 263 g/mol. The normalized spacial score (nSPS) is 23.0. The Labute approximate surface area is 113 Å². The fourth-order valence-electron chi connectivity index (χ4n) is 2.50. The van der Waals surface area contributed by atoms with Gasteiger partial charge in [-0.15, -0.1) is 0 Å². The van der Waals surface area contributed by atoms with Crippen LogP contribution in [0.3, 0.4) is 0 Å². The molecule has 3 N–H and O–H groups in total. The lowest BCUT2D eigenvalue weighted by Crippen LogP contribution is -2.33. The van der Waals surface area contributed by atoms with Crippen molar-refractivity contribution >= 4 is 5.91 Å². The molecule has 4 nitrogen and oxygen atoms in total. The Morgan fingerprint density at radius 3 is 2.58 bits per heavy atom. The van der Waals surface area contributed by atoms with Gasteiger partial charge < -0.3 is 15.5 Å². The zero-order valence-corrected chi connectivity index (χ0v) is 11.0. The Morgan fingerprint density at radius 1 is 1.21 bits per heavy atom. The van der Waals surface area contributed by atoms with E-state index in [-0.39, 0.29) is 24.2 Å². The van der Waals surface area contributed by atoms with Crippen LogP contribution in [0, 0.1) is 5.92 Å². The van der Waals surface area contributed by atoms with Crippen molar-refractivity contribution in [1.29, 1.82) is 0 Å². The first kappa shape index (κ1) is 13.9. The lowest BCUT2D eigenvalue weighted by atomic mass is 9.87. The Hall–Kier alpha value is -1.55. The van der Waals surface area contributed by atoms with E-state index in [2.05, 4.69) is 5.32 Å². The fraction of sp³-hybridized carbons (Fsp3) is 0.533. The number of phenols is 1. The van der Waals surface area contributed by atoms with Gasteiger partial charge in [-0.3, -0.25) is 4.79 Å². The summed E-state index contributed by atoms with van der Waals surface area (Å²) in [5, 5.41) is 21.9. The van der Waals surface area contributed by atoms with E-state index in [1.165, 1.54) is 0 Å². The first-order valence-corrected chi connectivity index (χ1v) is 6.87. The van der Waals surface area contributed by atoms with Gasteiger partial charge in [0.05, 0.1) is 12.5 Å². The van der Waals surface area contributed by atoms with Crippen LogP contribution in [0.4, 0.5) is 0 Å². The molecule has 1 aromatic rings. The third kappa shape index (κ3) is 4.24. The van der Waals surface area contributed by atoms with Gasteiger partial charge in [0.2, 0.25) is 5.91 Å². The van der Waals surface area contributed by atoms with Crippen molar-refractivity contribution in [3.8, 4) is 5.75 Å². The van der Waals surface area contributed by atoms with Crippen LogP contribution >= 0.6 is 0 Å². The van der Waals surface area contributed by atoms with Crippen LogP contribution in [0.5, 0.6) is 5.75 Å². The van der Waals surface area contributed by atoms with Crippen LogP contribution in [-0.4, -0.2) is 28.8 Å². The summed E-state index contributed by atoms with van der Waals surface area (Å²) in [5.41, 5.74) is 0.652. The summed E-state index contributed by atoms with van der Waals surface area (Å²) >= 11 is 0. The predicted octanol–water partition coefficient (Wildman–Crippen LogP) is 1.60. The lowest BCUT2D eigenvalue weighted by molar-refractivity contribution is -0.120. The van der Waals surface area contributed by atoms with E-state index >= 15 is 0 Å². The largest absolute Gasteiger partial charge is 0.508 e. The van der Waals surface area contributed by atoms with Gasteiger partial charge in [-0.05, 0) is 37.7 Å². The number of para-hydroxylation sites is 1. The first-order chi connectivity index (χ1) is 9.15. The third-order valence-electron chi connectivity index (χ3n) is 3.75. The quantitative estimate of drug-likeness (QED) is 0.773. The Kier molecular flexibility index (Phi) is 4.80. The summed E-state index contributed by atoms with van der Waals surface area (Å²) in [6.07, 6.45) is 3.66. The average Bonchev–Trinajstić information content (AvgIpc) is 2.41. The molecule has 0 heterocycles. The van der Waals surface area contributed by atoms with Gasteiger partial charge in [-0.2, -0.15) is 0 Å². The molecule has 104 valence electrons. The minimum Gasteiger partial charge on any atom is -0.508 e. The molecule has 1 aromatic carbocycles. The number of carbonyl (C=O) groups excluding carboxylic acids is 1. The van der Waals surface area contributed by atoms with Gasteiger partial charge in [0, 0.05) is 12.1 Å². The Bertz CT molecular complexity index is 425. The molecule has 0 radical (unpaired) electrons. The molecule has 1 aliphatic carbocycles. The summed E-state index contributed by atoms with van der Waals surface area (Å²) in [7, 11) is 0. The number of benzene rings is 1. The van der Waals surface area contributed by atoms with Gasteiger partial charge in [0.15, 0.2) is 0 Å². The number of hydrogen-bond acceptors (Lipinski definition) is 3. The van der Waals surface area contributed by atoms with Gasteiger partial charge >= 0.3 is 0 Å². The smallest absolute Gasteiger partial charge is 0.224 e. The van der Waals surface area contributed by atoms with Crippen LogP contribution in [0.2, 0.25) is 0 Å². The topological polar surface area (TPSA) is 69.6 Å². The van der Waals surface area contributed by atoms with Crippen molar-refractivity contribution in [2.45, 2.75) is 38.2 Å². The standard InChI is InChI=1S/C15H21NO3/c17-13-7-5-11(6-8-13)10-16-15(19)9-12-3-1-2-4-14(12)18/h1-4,11,13,17-18H,5-10H2,(H,16,19). The summed E-state index contributed by atoms with van der Waals surface area (Å²) in [6.45, 7) is 0.666. The van der Waals surface area contributed by atoms with Crippen molar-refractivity contribution in [3.05, 3.63) is 29.8 Å². The molecule has 1 aliphatic rings. The van der Waals surface area contributed by atoms with Crippen molar-refractivity contribution in [2.24, 2.45) is 5.92 Å². The molecule has 0 atom stereocenters. The van der Waals surface area contributed by atoms with Crippen molar-refractivity contribution in [2.75, 3.05) is 6.54 Å². The molecule has 1 fully saturated rings. The van der Waals surface area contributed by atoms with Crippen LogP contribution in [-0.2, 0) is 11.2 Å². The van der Waals surface area contributed by atoms with Gasteiger partial charge in [-0.1, -0.05) is 18.2 Å². The molecule has 2 rings (SSSR count). The van der Waals surface area contributed by atoms with Gasteiger partial charge in [0.1, 0.15) is 5.75 Å². The molecule has 0 aliphatic heterocycles. The Balaban J connectivity index is 1.74. The van der Waals surface area contributed by atoms with Crippen molar-refractivity contribution < 1.29 is 15.0 Å². The predicted molar refractivity (Wildman–Crippen MR) is 72.8 cm³/mol. The van der Waals surface area contributed by atoms with E-state index in [0.29, 0.717) is 18.0 Å². The summed E-state index contributed by atoms with van der Waals surface area (Å²) in [6, 6.07) is 6.89. The zero-order chi connectivity index (χ0) is 13.7. The van der Waals surface area contributed by atoms with Crippen LogP contribution in [0.25, 0.3) is 0 Å². The second kappa shape index (κ2) is 6.57. The number of phenolic OH excluding ortho intramolecular Hbond substituents is 1. The number of hydrogen-bond donors (Lipinski definition) is 3. The minimum absolute atomic E-state index is 0.0624. The maximum absolute atomic E-state index is 11.8. The lowest BCUT2D eigenvalue weighted by Gasteiger charge is -2.25. The molecule has 0 aromatic heterocycles. The number of aliphatic hydroxyl groups excluding tert-OH is 1. The van der Waals surface area contributed by atoms with Crippen molar-refractivity contribution in [1.82, 2.24) is 5.32 Å². The molecule has 1 amide bonds. The molecule has 0 spiro atoms. The molecule has 0 saturated heterocycles. The number of carbonyl (C=O) groups is 1. The van der Waals surface area contributed by atoms with Gasteiger partial charge in [0.25, 0.3) is 0 Å². The van der Waals surface area contributed by atoms with Crippen molar-refractivity contribution in [3.63, 3.8) is 0 Å². The second-order valence-corrected chi connectivity index (χ2v) is 5.28. The monoisotopic (exact) mass is 263 g/mol. The zero-order valence-electron chi connectivity index (χ0n) is 11.0. The van der Waals surface area contributed by atoms with Crippen LogP contribution in [0.15, 0.2) is 24.3 Å². The van der Waals surface area contributed by atoms with E-state index in [0.717, 1.165) is 25.7 Å². The molecule has 4 heteroatoms. The van der Waals surface area contributed by atoms with E-state index in [1.54, 1.807) is 18.2 Å². The third-order valence-corrected chi connectivity index (χ3v) is 3.75. The highest BCUT2D eigenvalue weighted by Crippen LogP contribution is 2.23. The summed E-state index contributed by atoms with van der Waals surface area (Å²) in [5.74, 6) is 0.572. The first-order valence-electron chi connectivity index (χ1n) is 6.87. The molecule has 19 heavy (non-hydrogen) atoms. The number of nitrogens with one attached hydrogen (secondary N) is 1. The number of amides is 1. The minimum atomic E-state index is -0.159. The molecular weight excluding hydrogens is 242 g/mol.